The Balaban J connectivity index is 0.00000829. The minimum atomic E-state index is -1.26. The minimum Gasteiger partial charge on any atom is -0.481 e. The third kappa shape index (κ3) is 18.8. The fourth-order valence-electron chi connectivity index (χ4n) is 6.07. The van der Waals surface area contributed by atoms with Crippen LogP contribution in [0.25, 0.3) is 0 Å². The number of hydrogen-bond donors (Lipinski definition) is 11. The second kappa shape index (κ2) is 27.4. The highest BCUT2D eigenvalue weighted by Gasteiger charge is 2.40. The molecule has 1 fully saturated rings. The minimum absolute atomic E-state index is 0.0232. The molecule has 1 aliphatic heterocycles. The molecule has 10 atom stereocenters. The first kappa shape index (κ1) is 55.5. The maximum atomic E-state index is 13.7. The van der Waals surface area contributed by atoms with Crippen molar-refractivity contribution in [1.82, 2.24) is 36.8 Å². The monoisotopic (exact) mass is 874 g/mol. The summed E-state index contributed by atoms with van der Waals surface area (Å²) < 4.78 is 0. The van der Waals surface area contributed by atoms with Crippen molar-refractivity contribution < 1.29 is 58.5 Å². The van der Waals surface area contributed by atoms with Gasteiger partial charge in [0.2, 0.25) is 41.4 Å². The number of thiol groups is 1. The normalized spacial score (nSPS) is 18.1. The van der Waals surface area contributed by atoms with Crippen LogP contribution in [0.5, 0.6) is 0 Å². The van der Waals surface area contributed by atoms with Crippen LogP contribution in [-0.2, 0) is 43.2 Å². The van der Waals surface area contributed by atoms with Gasteiger partial charge in [0, 0.05) is 19.2 Å². The average molecular weight is 875 g/mol. The van der Waals surface area contributed by atoms with Crippen LogP contribution in [0.15, 0.2) is 0 Å². The van der Waals surface area contributed by atoms with Gasteiger partial charge in [0.15, 0.2) is 0 Å². The van der Waals surface area contributed by atoms with E-state index < -0.39 is 120 Å². The lowest BCUT2D eigenvalue weighted by atomic mass is 9.96. The topological polar surface area (TPSA) is 316 Å². The van der Waals surface area contributed by atoms with E-state index in [1.54, 1.807) is 27.7 Å². The molecular weight excluding hydrogens is 805 g/mol. The number of rotatable bonds is 23. The number of likely N-dealkylation sites (tertiary alicyclic amines) is 1. The maximum Gasteiger partial charge on any atom is 0.326 e. The van der Waals surface area contributed by atoms with Crippen molar-refractivity contribution in [1.29, 1.82) is 0 Å². The van der Waals surface area contributed by atoms with Crippen LogP contribution >= 0.6 is 12.6 Å². The Bertz CT molecular complexity index is 1480. The molecular formula is C39H70N8O12S. The molecule has 1 saturated heterocycles. The lowest BCUT2D eigenvalue weighted by Gasteiger charge is -2.31. The van der Waals surface area contributed by atoms with Crippen molar-refractivity contribution in [2.24, 2.45) is 29.4 Å². The van der Waals surface area contributed by atoms with E-state index in [9.17, 15) is 48.6 Å². The van der Waals surface area contributed by atoms with Gasteiger partial charge in [-0.3, -0.25) is 38.4 Å². The lowest BCUT2D eigenvalue weighted by Crippen LogP contribution is -2.61. The predicted octanol–water partition coefficient (Wildman–Crippen LogP) is -0.875. The highest BCUT2D eigenvalue weighted by molar-refractivity contribution is 7.80. The van der Waals surface area contributed by atoms with Crippen molar-refractivity contribution in [2.45, 2.75) is 150 Å². The zero-order valence-electron chi connectivity index (χ0n) is 36.6. The number of carbonyl (C=O) groups excluding carboxylic acids is 7. The number of aliphatic hydroxyl groups is 1. The fourth-order valence-corrected chi connectivity index (χ4v) is 6.32. The zero-order chi connectivity index (χ0) is 46.6. The molecule has 344 valence electrons. The molecule has 11 N–H and O–H groups in total. The summed E-state index contributed by atoms with van der Waals surface area (Å²) in [6, 6.07) is -7.83. The van der Waals surface area contributed by atoms with Gasteiger partial charge in [-0.25, -0.2) is 4.79 Å². The molecule has 20 nitrogen and oxygen atoms in total. The largest absolute Gasteiger partial charge is 0.481 e. The Morgan fingerprint density at radius 1 is 0.733 bits per heavy atom. The number of amides is 7. The Labute approximate surface area is 358 Å². The standard InChI is InChI=1S/C37H66N8O10S.C2H4O2/c1-10-20(7)29(42-26(47)16-39-31(48)23(15-18(3)4)40-33(50)27(38)22(9)46)35(52)43-28(19(5)6)34(51)41-24(17-56)36(53)45-14-12-13-25(45)32(49)44-30(37(54)55)21(8)11-2;1-2(3)4/h18-25,27-30,46,56H,10-17,38H2,1-9H3,(H,39,48)(H,40,50)(H,41,51)(H,42,47)(H,43,52)(H,44,49)(H,54,55);1H3,(H,3,4)/t20-,21-,22+,23-,24-,25-,27-,28-,29-,30-;/m0./s1. The van der Waals surface area contributed by atoms with Gasteiger partial charge >= 0.3 is 5.97 Å². The molecule has 21 heteroatoms. The molecule has 0 aromatic heterocycles. The Hall–Kier alpha value is -4.50. The van der Waals surface area contributed by atoms with Gasteiger partial charge in [-0.1, -0.05) is 68.2 Å². The third-order valence-corrected chi connectivity index (χ3v) is 10.4. The van der Waals surface area contributed by atoms with E-state index in [0.29, 0.717) is 25.7 Å². The smallest absolute Gasteiger partial charge is 0.326 e. The first-order chi connectivity index (χ1) is 27.8. The number of nitrogens with one attached hydrogen (secondary N) is 6. The van der Waals surface area contributed by atoms with Crippen LogP contribution in [0.1, 0.15) is 101 Å². The van der Waals surface area contributed by atoms with Gasteiger partial charge in [0.05, 0.1) is 12.6 Å². The summed E-state index contributed by atoms with van der Waals surface area (Å²) in [5.41, 5.74) is 5.70. The van der Waals surface area contributed by atoms with Crippen molar-refractivity contribution >= 4 is 65.9 Å². The summed E-state index contributed by atoms with van der Waals surface area (Å²) in [6.45, 7) is 16.2. The van der Waals surface area contributed by atoms with Crippen LogP contribution in [0, 0.1) is 23.7 Å². The summed E-state index contributed by atoms with van der Waals surface area (Å²) in [4.78, 5) is 115. The van der Waals surface area contributed by atoms with Gasteiger partial charge in [0.1, 0.15) is 42.3 Å². The number of aliphatic carboxylic acids is 2. The SMILES string of the molecule is CC(=O)O.CC[C@H](C)[C@H](NC(=O)[C@@H]1CCCN1C(=O)[C@H](CS)NC(=O)[C@@H](NC(=O)[C@@H](NC(=O)CNC(=O)[C@H](CC(C)C)NC(=O)[C@@H](N)[C@@H](C)O)[C@@H](C)CC)C(C)C)C(=O)O. The van der Waals surface area contributed by atoms with Gasteiger partial charge in [0.25, 0.3) is 5.97 Å². The van der Waals surface area contributed by atoms with Crippen molar-refractivity contribution in [3.05, 3.63) is 0 Å². The van der Waals surface area contributed by atoms with E-state index in [-0.39, 0.29) is 30.6 Å². The molecule has 1 aliphatic rings. The average Bonchev–Trinajstić information content (AvgIpc) is 3.67. The van der Waals surface area contributed by atoms with Crippen LogP contribution in [0.2, 0.25) is 0 Å². The summed E-state index contributed by atoms with van der Waals surface area (Å²) in [6.07, 6.45) is 0.838. The number of aliphatic hydroxyl groups excluding tert-OH is 1. The highest BCUT2D eigenvalue weighted by atomic mass is 32.1. The second-order valence-electron chi connectivity index (χ2n) is 16.0. The summed E-state index contributed by atoms with van der Waals surface area (Å²) in [7, 11) is 0. The van der Waals surface area contributed by atoms with Crippen molar-refractivity contribution in [3.8, 4) is 0 Å². The molecule has 0 saturated carbocycles. The Kier molecular flexibility index (Phi) is 25.3. The molecule has 0 aromatic carbocycles. The molecule has 1 heterocycles. The summed E-state index contributed by atoms with van der Waals surface area (Å²) in [5, 5.41) is 42.2. The zero-order valence-corrected chi connectivity index (χ0v) is 37.5. The molecule has 1 rings (SSSR count). The predicted molar refractivity (Wildman–Crippen MR) is 225 cm³/mol. The molecule has 60 heavy (non-hydrogen) atoms. The van der Waals surface area contributed by atoms with Crippen LogP contribution in [0.3, 0.4) is 0 Å². The number of hydrogen-bond acceptors (Lipinski definition) is 12. The third-order valence-electron chi connectivity index (χ3n) is 10.1. The number of carboxylic acid groups (broad SMARTS) is 2. The molecule has 0 aliphatic carbocycles. The van der Waals surface area contributed by atoms with Gasteiger partial charge in [-0.2, -0.15) is 12.6 Å². The quantitative estimate of drug-likeness (QED) is 0.0557. The van der Waals surface area contributed by atoms with E-state index in [0.717, 1.165) is 6.92 Å². The van der Waals surface area contributed by atoms with E-state index >= 15 is 0 Å². The number of carbonyl (C=O) groups is 9. The first-order valence-electron chi connectivity index (χ1n) is 20.4. The van der Waals surface area contributed by atoms with Gasteiger partial charge in [-0.05, 0) is 49.9 Å². The maximum absolute atomic E-state index is 13.7. The van der Waals surface area contributed by atoms with Crippen molar-refractivity contribution in [3.63, 3.8) is 0 Å². The molecule has 0 bridgehead atoms. The van der Waals surface area contributed by atoms with Crippen molar-refractivity contribution in [2.75, 3.05) is 18.8 Å². The van der Waals surface area contributed by atoms with Crippen LogP contribution in [0.4, 0.5) is 0 Å². The first-order valence-corrected chi connectivity index (χ1v) is 21.0. The Morgan fingerprint density at radius 3 is 1.72 bits per heavy atom. The van der Waals surface area contributed by atoms with E-state index in [4.69, 9.17) is 15.6 Å². The Morgan fingerprint density at radius 2 is 1.25 bits per heavy atom. The van der Waals surface area contributed by atoms with Gasteiger partial charge in [-0.15, -0.1) is 0 Å². The van der Waals surface area contributed by atoms with Gasteiger partial charge < -0.3 is 57.9 Å². The number of nitrogens with zero attached hydrogens (tertiary/aromatic N) is 1. The highest BCUT2D eigenvalue weighted by Crippen LogP contribution is 2.20. The summed E-state index contributed by atoms with van der Waals surface area (Å²) in [5.74, 6) is -8.06. The van der Waals surface area contributed by atoms with E-state index in [2.05, 4.69) is 44.5 Å². The number of nitrogens with two attached hydrogens (primary N) is 1. The van der Waals surface area contributed by atoms with Crippen LogP contribution in [-0.4, -0.2) is 141 Å². The lowest BCUT2D eigenvalue weighted by molar-refractivity contribution is -0.146. The second-order valence-corrected chi connectivity index (χ2v) is 16.4. The van der Waals surface area contributed by atoms with E-state index in [1.807, 2.05) is 27.7 Å². The molecule has 7 amide bonds. The van der Waals surface area contributed by atoms with Crippen LogP contribution < -0.4 is 37.6 Å². The molecule has 0 aromatic rings. The molecule has 0 spiro atoms. The van der Waals surface area contributed by atoms with E-state index in [1.165, 1.54) is 11.8 Å². The number of carboxylic acids is 2. The molecule has 0 radical (unpaired) electrons. The fraction of sp³-hybridized carbons (Fsp3) is 0.769. The summed E-state index contributed by atoms with van der Waals surface area (Å²) >= 11 is 4.28. The molecule has 0 unspecified atom stereocenters.